The van der Waals surface area contributed by atoms with Gasteiger partial charge >= 0.3 is 12.1 Å². The molecule has 0 bridgehead atoms. The Morgan fingerprint density at radius 2 is 1.57 bits per heavy atom. The zero-order valence-corrected chi connectivity index (χ0v) is 24.7. The fraction of sp³-hybridized carbons (Fsp3) is 0.484. The number of esters is 1. The normalized spacial score (nSPS) is 12.6. The summed E-state index contributed by atoms with van der Waals surface area (Å²) in [6.45, 7) is 10.9. The van der Waals surface area contributed by atoms with E-state index in [9.17, 15) is 19.2 Å². The molecule has 3 amide bonds. The van der Waals surface area contributed by atoms with Gasteiger partial charge in [0.15, 0.2) is 0 Å². The third-order valence-corrected chi connectivity index (χ3v) is 6.32. The Balaban J connectivity index is 2.59. The van der Waals surface area contributed by atoms with Crippen molar-refractivity contribution in [3.8, 4) is 0 Å². The van der Waals surface area contributed by atoms with Crippen LogP contribution in [-0.4, -0.2) is 60.6 Å². The molecule has 2 aromatic carbocycles. The van der Waals surface area contributed by atoms with Crippen molar-refractivity contribution >= 4 is 23.9 Å². The van der Waals surface area contributed by atoms with Crippen LogP contribution in [0.5, 0.6) is 0 Å². The van der Waals surface area contributed by atoms with Gasteiger partial charge in [-0.05, 0) is 63.3 Å². The van der Waals surface area contributed by atoms with E-state index in [-0.39, 0.29) is 19.5 Å². The highest BCUT2D eigenvalue weighted by molar-refractivity contribution is 5.93. The van der Waals surface area contributed by atoms with Crippen molar-refractivity contribution in [3.63, 3.8) is 0 Å². The molecule has 0 aliphatic heterocycles. The molecule has 0 saturated heterocycles. The second kappa shape index (κ2) is 15.1. The van der Waals surface area contributed by atoms with Gasteiger partial charge in [-0.3, -0.25) is 14.4 Å². The molecule has 0 spiro atoms. The van der Waals surface area contributed by atoms with Crippen LogP contribution in [-0.2, 0) is 30.3 Å². The second-order valence-corrected chi connectivity index (χ2v) is 10.8. The van der Waals surface area contributed by atoms with Crippen molar-refractivity contribution in [1.29, 1.82) is 0 Å². The zero-order valence-electron chi connectivity index (χ0n) is 24.7. The Hall–Kier alpha value is -3.88. The lowest BCUT2D eigenvalue weighted by molar-refractivity contribution is -0.144. The summed E-state index contributed by atoms with van der Waals surface area (Å²) in [6.07, 6.45) is 0.874. The lowest BCUT2D eigenvalue weighted by atomic mass is 9.93. The maximum absolute atomic E-state index is 14.4. The first-order chi connectivity index (χ1) is 18.9. The molecule has 0 aliphatic carbocycles. The molecule has 2 aromatic rings. The fourth-order valence-corrected chi connectivity index (χ4v) is 4.41. The summed E-state index contributed by atoms with van der Waals surface area (Å²) in [6, 6.07) is 12.9. The molecule has 2 rings (SSSR count). The van der Waals surface area contributed by atoms with E-state index in [1.807, 2.05) is 69.3 Å². The van der Waals surface area contributed by atoms with Gasteiger partial charge in [0.25, 0.3) is 0 Å². The predicted octanol–water partition coefficient (Wildman–Crippen LogP) is 4.40. The van der Waals surface area contributed by atoms with Crippen molar-refractivity contribution in [2.24, 2.45) is 0 Å². The van der Waals surface area contributed by atoms with E-state index in [1.165, 1.54) is 12.0 Å². The number of aryl methyl sites for hydroxylation is 2. The Bertz CT molecular complexity index is 1140. The minimum absolute atomic E-state index is 0.199. The average Bonchev–Trinajstić information content (AvgIpc) is 2.89. The molecule has 2 unspecified atom stereocenters. The maximum atomic E-state index is 14.4. The summed E-state index contributed by atoms with van der Waals surface area (Å²) >= 11 is 0. The predicted molar refractivity (Wildman–Crippen MR) is 154 cm³/mol. The highest BCUT2D eigenvalue weighted by Gasteiger charge is 2.37. The number of benzene rings is 2. The summed E-state index contributed by atoms with van der Waals surface area (Å²) < 4.78 is 10.2. The van der Waals surface area contributed by atoms with Crippen molar-refractivity contribution in [2.45, 2.75) is 78.5 Å². The zero-order chi connectivity index (χ0) is 29.9. The number of hydrogen-bond acceptors (Lipinski definition) is 6. The molecular weight excluding hydrogens is 510 g/mol. The van der Waals surface area contributed by atoms with Crippen molar-refractivity contribution in [3.05, 3.63) is 70.8 Å². The molecular formula is C31H43N3O6. The van der Waals surface area contributed by atoms with Crippen LogP contribution >= 0.6 is 0 Å². The highest BCUT2D eigenvalue weighted by Crippen LogP contribution is 2.29. The Kier molecular flexibility index (Phi) is 12.2. The van der Waals surface area contributed by atoms with E-state index in [2.05, 4.69) is 10.6 Å². The van der Waals surface area contributed by atoms with E-state index in [1.54, 1.807) is 20.8 Å². The summed E-state index contributed by atoms with van der Waals surface area (Å²) in [7, 11) is 1.24. The summed E-state index contributed by atoms with van der Waals surface area (Å²) in [5.41, 5.74) is 2.40. The van der Waals surface area contributed by atoms with Gasteiger partial charge in [-0.15, -0.1) is 0 Å². The monoisotopic (exact) mass is 553 g/mol. The van der Waals surface area contributed by atoms with E-state index in [0.717, 1.165) is 23.1 Å². The molecule has 2 atom stereocenters. The first kappa shape index (κ1) is 32.3. The van der Waals surface area contributed by atoms with E-state index < -0.39 is 41.6 Å². The van der Waals surface area contributed by atoms with Crippen LogP contribution in [0, 0.1) is 13.8 Å². The summed E-state index contributed by atoms with van der Waals surface area (Å²) in [5, 5.41) is 5.39. The Morgan fingerprint density at radius 3 is 2.12 bits per heavy atom. The first-order valence-corrected chi connectivity index (χ1v) is 13.6. The molecule has 0 aromatic heterocycles. The lowest BCUT2D eigenvalue weighted by Crippen LogP contribution is -2.54. The highest BCUT2D eigenvalue weighted by atomic mass is 16.6. The van der Waals surface area contributed by atoms with E-state index in [0.29, 0.717) is 12.0 Å². The van der Waals surface area contributed by atoms with Crippen molar-refractivity contribution < 1.29 is 28.7 Å². The quantitative estimate of drug-likeness (QED) is 0.377. The van der Waals surface area contributed by atoms with Gasteiger partial charge in [0.1, 0.15) is 24.2 Å². The van der Waals surface area contributed by atoms with Crippen LogP contribution in [0.1, 0.15) is 68.8 Å². The smallest absolute Gasteiger partial charge is 0.408 e. The molecule has 0 saturated carbocycles. The first-order valence-electron chi connectivity index (χ1n) is 13.6. The van der Waals surface area contributed by atoms with Crippen LogP contribution < -0.4 is 10.6 Å². The molecule has 40 heavy (non-hydrogen) atoms. The average molecular weight is 554 g/mol. The molecule has 0 fully saturated rings. The molecule has 2 N–H and O–H groups in total. The van der Waals surface area contributed by atoms with Crippen LogP contribution in [0.15, 0.2) is 48.5 Å². The summed E-state index contributed by atoms with van der Waals surface area (Å²) in [4.78, 5) is 54.3. The van der Waals surface area contributed by atoms with Gasteiger partial charge < -0.3 is 25.0 Å². The number of unbranched alkanes of at least 4 members (excludes halogenated alkanes) is 1. The Morgan fingerprint density at radius 1 is 0.950 bits per heavy atom. The number of carbonyl (C=O) groups excluding carboxylic acids is 4. The molecule has 0 aliphatic rings. The van der Waals surface area contributed by atoms with Gasteiger partial charge in [-0.2, -0.15) is 0 Å². The van der Waals surface area contributed by atoms with E-state index in [4.69, 9.17) is 9.47 Å². The van der Waals surface area contributed by atoms with Crippen LogP contribution in [0.2, 0.25) is 0 Å². The largest absolute Gasteiger partial charge is 0.468 e. The third-order valence-electron chi connectivity index (χ3n) is 6.32. The molecule has 0 radical (unpaired) electrons. The number of alkyl carbamates (subject to hydrolysis) is 1. The fourth-order valence-electron chi connectivity index (χ4n) is 4.41. The molecule has 9 heteroatoms. The van der Waals surface area contributed by atoms with Crippen LogP contribution in [0.4, 0.5) is 4.79 Å². The van der Waals surface area contributed by atoms with Gasteiger partial charge in [0, 0.05) is 13.0 Å². The number of rotatable bonds is 12. The van der Waals surface area contributed by atoms with Gasteiger partial charge in [0.05, 0.1) is 7.11 Å². The second-order valence-electron chi connectivity index (χ2n) is 10.8. The molecule has 0 heterocycles. The third kappa shape index (κ3) is 9.70. The van der Waals surface area contributed by atoms with Gasteiger partial charge in [0.2, 0.25) is 11.8 Å². The standard InChI is InChI=1S/C31H43N3O6/c1-8-9-18-34(27(28(36)32-20-25(35)39-7)26-21(2)14-13-15-22(26)3)29(37)24(19-23-16-11-10-12-17-23)33-30(38)40-31(4,5)6/h10-17,24,27H,8-9,18-20H2,1-7H3,(H,32,36)(H,33,38). The van der Waals surface area contributed by atoms with Gasteiger partial charge in [-0.25, -0.2) is 4.79 Å². The number of nitrogens with zero attached hydrogens (tertiary/aromatic N) is 1. The summed E-state index contributed by atoms with van der Waals surface area (Å²) in [5.74, 6) is -1.54. The molecule has 9 nitrogen and oxygen atoms in total. The topological polar surface area (TPSA) is 114 Å². The number of carbonyl (C=O) groups is 4. The SMILES string of the molecule is CCCCN(C(=O)C(Cc1ccccc1)NC(=O)OC(C)(C)C)C(C(=O)NCC(=O)OC)c1c(C)cccc1C. The number of methoxy groups -OCH3 is 1. The van der Waals surface area contributed by atoms with Crippen molar-refractivity contribution in [2.75, 3.05) is 20.2 Å². The molecule has 218 valence electrons. The number of nitrogens with one attached hydrogen (secondary N) is 2. The lowest BCUT2D eigenvalue weighted by Gasteiger charge is -2.35. The number of amides is 3. The maximum Gasteiger partial charge on any atom is 0.408 e. The van der Waals surface area contributed by atoms with E-state index >= 15 is 0 Å². The Labute approximate surface area is 237 Å². The minimum Gasteiger partial charge on any atom is -0.468 e. The van der Waals surface area contributed by atoms with Crippen molar-refractivity contribution in [1.82, 2.24) is 15.5 Å². The van der Waals surface area contributed by atoms with Crippen LogP contribution in [0.25, 0.3) is 0 Å². The minimum atomic E-state index is -1.04. The number of hydrogen-bond donors (Lipinski definition) is 2. The number of ether oxygens (including phenoxy) is 2. The van der Waals surface area contributed by atoms with Gasteiger partial charge in [-0.1, -0.05) is 61.9 Å². The van der Waals surface area contributed by atoms with Crippen LogP contribution in [0.3, 0.4) is 0 Å².